The van der Waals surface area contributed by atoms with E-state index in [4.69, 9.17) is 5.11 Å². The van der Waals surface area contributed by atoms with Crippen molar-refractivity contribution in [1.82, 2.24) is 0 Å². The third-order valence-electron chi connectivity index (χ3n) is 0.991. The van der Waals surface area contributed by atoms with Gasteiger partial charge in [-0.25, -0.2) is 9.90 Å². The van der Waals surface area contributed by atoms with Crippen molar-refractivity contribution in [2.75, 3.05) is 0 Å². The molecule has 0 bridgehead atoms. The van der Waals surface area contributed by atoms with Gasteiger partial charge in [-0.2, -0.15) is 0 Å². The Kier molecular flexibility index (Phi) is 2.70. The molecule has 4 heteroatoms. The minimum atomic E-state index is -1.52. The van der Waals surface area contributed by atoms with Crippen LogP contribution in [-0.2, 0) is 14.7 Å². The van der Waals surface area contributed by atoms with Gasteiger partial charge >= 0.3 is 11.9 Å². The van der Waals surface area contributed by atoms with E-state index in [1.54, 1.807) is 0 Å². The lowest BCUT2D eigenvalue weighted by Gasteiger charge is -1.97. The molecular weight excluding hydrogens is 124 g/mol. The lowest BCUT2D eigenvalue weighted by Crippen LogP contribution is -2.21. The standard InChI is InChI=1S/C5H7O4/c1-2-3(4(6)7)5(8)9/h3H,2H2,1H3,(H,6,7). The van der Waals surface area contributed by atoms with Crippen LogP contribution < -0.4 is 0 Å². The summed E-state index contributed by atoms with van der Waals surface area (Å²) in [6, 6.07) is 0. The van der Waals surface area contributed by atoms with Gasteiger partial charge in [-0.05, 0) is 6.42 Å². The average molecular weight is 131 g/mol. The predicted octanol–water partition coefficient (Wildman–Crippen LogP) is 0.0543. The summed E-state index contributed by atoms with van der Waals surface area (Å²) in [4.78, 5) is 19.8. The van der Waals surface area contributed by atoms with E-state index < -0.39 is 17.9 Å². The molecular formula is C5H7O4. The number of carboxylic acids is 1. The number of rotatable bonds is 3. The van der Waals surface area contributed by atoms with Crippen molar-refractivity contribution in [3.63, 3.8) is 0 Å². The maximum atomic E-state index is 9.95. The molecule has 0 fully saturated rings. The van der Waals surface area contributed by atoms with Gasteiger partial charge in [0.05, 0.1) is 0 Å². The van der Waals surface area contributed by atoms with Crippen LogP contribution in [-0.4, -0.2) is 17.0 Å². The van der Waals surface area contributed by atoms with Crippen LogP contribution in [0, 0.1) is 5.92 Å². The fourth-order valence-electron chi connectivity index (χ4n) is 0.442. The van der Waals surface area contributed by atoms with Crippen LogP contribution in [0.25, 0.3) is 0 Å². The quantitative estimate of drug-likeness (QED) is 0.550. The molecule has 0 aromatic carbocycles. The van der Waals surface area contributed by atoms with Crippen LogP contribution >= 0.6 is 0 Å². The van der Waals surface area contributed by atoms with Gasteiger partial charge in [0.15, 0.2) is 5.92 Å². The van der Waals surface area contributed by atoms with E-state index in [-0.39, 0.29) is 6.42 Å². The van der Waals surface area contributed by atoms with E-state index >= 15 is 0 Å². The third kappa shape index (κ3) is 2.12. The Hall–Kier alpha value is -1.06. The van der Waals surface area contributed by atoms with E-state index in [9.17, 15) is 14.7 Å². The van der Waals surface area contributed by atoms with Crippen molar-refractivity contribution in [2.24, 2.45) is 5.92 Å². The predicted molar refractivity (Wildman–Crippen MR) is 27.1 cm³/mol. The second-order valence-corrected chi connectivity index (χ2v) is 1.62. The Morgan fingerprint density at radius 2 is 2.00 bits per heavy atom. The summed E-state index contributed by atoms with van der Waals surface area (Å²) in [5.41, 5.74) is 0. The van der Waals surface area contributed by atoms with E-state index in [0.29, 0.717) is 0 Å². The minimum absolute atomic E-state index is 0.0671. The molecule has 4 nitrogen and oxygen atoms in total. The lowest BCUT2D eigenvalue weighted by atomic mass is 10.1. The molecule has 0 saturated carbocycles. The van der Waals surface area contributed by atoms with Gasteiger partial charge in [-0.3, -0.25) is 4.79 Å². The zero-order valence-corrected chi connectivity index (χ0v) is 4.96. The van der Waals surface area contributed by atoms with E-state index in [2.05, 4.69) is 0 Å². The molecule has 0 amide bonds. The normalized spacial score (nSPS) is 9.56. The molecule has 0 aliphatic carbocycles. The minimum Gasteiger partial charge on any atom is -0.481 e. The first kappa shape index (κ1) is 7.94. The molecule has 0 spiro atoms. The highest BCUT2D eigenvalue weighted by Crippen LogP contribution is 2.01. The molecule has 0 aromatic heterocycles. The molecule has 1 atom stereocenters. The highest BCUT2D eigenvalue weighted by molar-refractivity contribution is 5.92. The molecule has 0 aliphatic heterocycles. The first-order chi connectivity index (χ1) is 4.09. The van der Waals surface area contributed by atoms with Gasteiger partial charge in [-0.1, -0.05) is 6.92 Å². The van der Waals surface area contributed by atoms with E-state index in [1.165, 1.54) is 6.92 Å². The number of carboxylic acid groups (broad SMARTS) is 1. The lowest BCUT2D eigenvalue weighted by molar-refractivity contribution is -0.158. The SMILES string of the molecule is CCC(C([O])=O)C(=O)O. The van der Waals surface area contributed by atoms with Crippen LogP contribution in [0.1, 0.15) is 13.3 Å². The summed E-state index contributed by atoms with van der Waals surface area (Å²) in [7, 11) is 0. The van der Waals surface area contributed by atoms with Crippen LogP contribution in [0.5, 0.6) is 0 Å². The van der Waals surface area contributed by atoms with Gasteiger partial charge < -0.3 is 5.11 Å². The second kappa shape index (κ2) is 3.06. The first-order valence-corrected chi connectivity index (χ1v) is 2.53. The topological polar surface area (TPSA) is 74.3 Å². The Balaban J connectivity index is 3.99. The molecule has 1 radical (unpaired) electrons. The van der Waals surface area contributed by atoms with Crippen molar-refractivity contribution in [1.29, 1.82) is 0 Å². The average Bonchev–Trinajstić information content (AvgIpc) is 1.64. The number of carbonyl (C=O) groups is 2. The summed E-state index contributed by atoms with van der Waals surface area (Å²) in [6.07, 6.45) is 0.0671. The van der Waals surface area contributed by atoms with Crippen LogP contribution in [0.15, 0.2) is 0 Å². The zero-order valence-electron chi connectivity index (χ0n) is 4.96. The number of aliphatic carboxylic acids is 1. The van der Waals surface area contributed by atoms with Crippen molar-refractivity contribution in [3.05, 3.63) is 0 Å². The summed E-state index contributed by atoms with van der Waals surface area (Å²) in [5.74, 6) is -4.22. The first-order valence-electron chi connectivity index (χ1n) is 2.53. The van der Waals surface area contributed by atoms with Crippen molar-refractivity contribution in [3.8, 4) is 0 Å². The monoisotopic (exact) mass is 131 g/mol. The fourth-order valence-corrected chi connectivity index (χ4v) is 0.442. The summed E-state index contributed by atoms with van der Waals surface area (Å²) in [5, 5.41) is 18.0. The Morgan fingerprint density at radius 3 is 2.00 bits per heavy atom. The third-order valence-corrected chi connectivity index (χ3v) is 0.991. The Labute approximate surface area is 52.1 Å². The van der Waals surface area contributed by atoms with Crippen molar-refractivity contribution < 1.29 is 19.8 Å². The van der Waals surface area contributed by atoms with Gasteiger partial charge in [-0.15, -0.1) is 0 Å². The van der Waals surface area contributed by atoms with Crippen LogP contribution in [0.3, 0.4) is 0 Å². The van der Waals surface area contributed by atoms with Gasteiger partial charge in [0.25, 0.3) is 0 Å². The smallest absolute Gasteiger partial charge is 0.369 e. The van der Waals surface area contributed by atoms with E-state index in [0.717, 1.165) is 0 Å². The molecule has 9 heavy (non-hydrogen) atoms. The summed E-state index contributed by atoms with van der Waals surface area (Å²) in [6.45, 7) is 1.48. The van der Waals surface area contributed by atoms with Gasteiger partial charge in [0, 0.05) is 0 Å². The molecule has 1 N–H and O–H groups in total. The van der Waals surface area contributed by atoms with Crippen LogP contribution in [0.4, 0.5) is 0 Å². The van der Waals surface area contributed by atoms with Crippen molar-refractivity contribution in [2.45, 2.75) is 13.3 Å². The molecule has 0 heterocycles. The maximum Gasteiger partial charge on any atom is 0.369 e. The molecule has 0 rings (SSSR count). The Bertz CT molecular complexity index is 115. The van der Waals surface area contributed by atoms with Gasteiger partial charge in [0.2, 0.25) is 0 Å². The summed E-state index contributed by atoms with van der Waals surface area (Å²) >= 11 is 0. The maximum absolute atomic E-state index is 9.95. The fraction of sp³-hybridized carbons (Fsp3) is 0.600. The number of hydrogen-bond donors (Lipinski definition) is 1. The zero-order chi connectivity index (χ0) is 7.44. The highest BCUT2D eigenvalue weighted by atomic mass is 16.4. The summed E-state index contributed by atoms with van der Waals surface area (Å²) < 4.78 is 0. The van der Waals surface area contributed by atoms with Gasteiger partial charge in [0.1, 0.15) is 0 Å². The van der Waals surface area contributed by atoms with Crippen LogP contribution in [0.2, 0.25) is 0 Å². The molecule has 0 aliphatic rings. The molecule has 1 unspecified atom stereocenters. The molecule has 0 saturated heterocycles. The van der Waals surface area contributed by atoms with Crippen molar-refractivity contribution >= 4 is 11.9 Å². The second-order valence-electron chi connectivity index (χ2n) is 1.62. The largest absolute Gasteiger partial charge is 0.481 e. The highest BCUT2D eigenvalue weighted by Gasteiger charge is 2.24. The number of carbonyl (C=O) groups excluding carboxylic acids is 1. The van der Waals surface area contributed by atoms with E-state index in [1.807, 2.05) is 0 Å². The Morgan fingerprint density at radius 1 is 1.56 bits per heavy atom. The number of hydrogen-bond acceptors (Lipinski definition) is 2. The molecule has 0 aromatic rings. The molecule has 51 valence electrons.